The topological polar surface area (TPSA) is 65.1 Å². The largest absolute Gasteiger partial charge is 0.497 e. The van der Waals surface area contributed by atoms with Crippen LogP contribution in [0.3, 0.4) is 0 Å². The van der Waals surface area contributed by atoms with Crippen molar-refractivity contribution >= 4 is 17.7 Å². The highest BCUT2D eigenvalue weighted by Gasteiger charge is 2.28. The molecule has 106 valence electrons. The van der Waals surface area contributed by atoms with E-state index in [1.54, 1.807) is 38.3 Å². The third kappa shape index (κ3) is 3.09. The number of carbonyl (C=O) groups excluding carboxylic acids is 2. The maximum Gasteiger partial charge on any atom is 0.419 e. The molecule has 0 atom stereocenters. The van der Waals surface area contributed by atoms with Gasteiger partial charge in [-0.2, -0.15) is 0 Å². The normalized spacial score (nSPS) is 16.2. The van der Waals surface area contributed by atoms with Crippen LogP contribution in [0, 0.1) is 0 Å². The molecule has 0 aliphatic carbocycles. The number of carbonyl (C=O) groups is 2. The first-order valence-corrected chi connectivity index (χ1v) is 6.14. The molecule has 1 aromatic carbocycles. The smallest absolute Gasteiger partial charge is 0.419 e. The van der Waals surface area contributed by atoms with Gasteiger partial charge in [-0.15, -0.1) is 0 Å². The van der Waals surface area contributed by atoms with E-state index in [0.717, 1.165) is 0 Å². The molecule has 0 spiro atoms. The molecule has 1 saturated heterocycles. The summed E-state index contributed by atoms with van der Waals surface area (Å²) in [5, 5.41) is 0. The Bertz CT molecular complexity index is 535. The van der Waals surface area contributed by atoms with E-state index in [4.69, 9.17) is 14.2 Å². The van der Waals surface area contributed by atoms with Crippen LogP contribution < -0.4 is 9.64 Å². The molecule has 1 amide bonds. The number of anilines is 1. The van der Waals surface area contributed by atoms with Crippen molar-refractivity contribution in [3.8, 4) is 5.75 Å². The molecule has 0 bridgehead atoms. The lowest BCUT2D eigenvalue weighted by molar-refractivity contribution is -0.137. The van der Waals surface area contributed by atoms with Gasteiger partial charge >= 0.3 is 12.1 Å². The van der Waals surface area contributed by atoms with Crippen LogP contribution in [-0.2, 0) is 14.3 Å². The van der Waals surface area contributed by atoms with Crippen molar-refractivity contribution in [2.45, 2.75) is 6.92 Å². The summed E-state index contributed by atoms with van der Waals surface area (Å²) in [6.45, 7) is 2.18. The molecule has 6 heteroatoms. The molecule has 1 aliphatic heterocycles. The Morgan fingerprint density at radius 2 is 2.10 bits per heavy atom. The van der Waals surface area contributed by atoms with E-state index in [9.17, 15) is 9.59 Å². The van der Waals surface area contributed by atoms with Gasteiger partial charge in [0.1, 0.15) is 11.5 Å². The van der Waals surface area contributed by atoms with Gasteiger partial charge in [-0.3, -0.25) is 4.90 Å². The molecule has 20 heavy (non-hydrogen) atoms. The lowest BCUT2D eigenvalue weighted by Crippen LogP contribution is -2.22. The highest BCUT2D eigenvalue weighted by Crippen LogP contribution is 2.25. The van der Waals surface area contributed by atoms with Gasteiger partial charge in [0, 0.05) is 5.69 Å². The van der Waals surface area contributed by atoms with Crippen molar-refractivity contribution in [1.29, 1.82) is 0 Å². The van der Waals surface area contributed by atoms with Crippen LogP contribution in [-0.4, -0.2) is 32.3 Å². The van der Waals surface area contributed by atoms with Gasteiger partial charge in [0.15, 0.2) is 0 Å². The number of nitrogens with zero attached hydrogens (tertiary/aromatic N) is 1. The predicted molar refractivity (Wildman–Crippen MR) is 71.5 cm³/mol. The fraction of sp³-hybridized carbons (Fsp3) is 0.286. The van der Waals surface area contributed by atoms with E-state index in [-0.39, 0.29) is 18.9 Å². The summed E-state index contributed by atoms with van der Waals surface area (Å²) in [6.07, 6.45) is 0.663. The van der Waals surface area contributed by atoms with Crippen LogP contribution in [0.25, 0.3) is 0 Å². The van der Waals surface area contributed by atoms with Crippen molar-refractivity contribution in [3.05, 3.63) is 36.1 Å². The zero-order chi connectivity index (χ0) is 14.5. The number of amides is 1. The summed E-state index contributed by atoms with van der Waals surface area (Å²) in [5.74, 6) is 0.444. The Balaban J connectivity index is 2.10. The van der Waals surface area contributed by atoms with E-state index in [0.29, 0.717) is 11.4 Å². The van der Waals surface area contributed by atoms with Crippen molar-refractivity contribution in [2.75, 3.05) is 25.2 Å². The number of benzene rings is 1. The Hall–Kier alpha value is -2.50. The average Bonchev–Trinajstić information content (AvgIpc) is 2.80. The minimum absolute atomic E-state index is 0.198. The second-order valence-electron chi connectivity index (χ2n) is 4.01. The van der Waals surface area contributed by atoms with Crippen LogP contribution >= 0.6 is 0 Å². The van der Waals surface area contributed by atoms with Crippen molar-refractivity contribution in [2.24, 2.45) is 0 Å². The average molecular weight is 277 g/mol. The number of esters is 1. The molecule has 2 rings (SSSR count). The number of hydrogen-bond donors (Lipinski definition) is 0. The minimum atomic E-state index is -0.522. The van der Waals surface area contributed by atoms with E-state index >= 15 is 0 Å². The summed E-state index contributed by atoms with van der Waals surface area (Å²) < 4.78 is 14.8. The number of hydrogen-bond acceptors (Lipinski definition) is 5. The van der Waals surface area contributed by atoms with Crippen LogP contribution in [0.5, 0.6) is 5.75 Å². The van der Waals surface area contributed by atoms with Gasteiger partial charge in [0.05, 0.1) is 26.3 Å². The first-order valence-electron chi connectivity index (χ1n) is 6.14. The highest BCUT2D eigenvalue weighted by molar-refractivity contribution is 5.93. The highest BCUT2D eigenvalue weighted by atomic mass is 16.6. The van der Waals surface area contributed by atoms with Crippen LogP contribution in [0.2, 0.25) is 0 Å². The summed E-state index contributed by atoms with van der Waals surface area (Å²) in [4.78, 5) is 24.5. The zero-order valence-corrected chi connectivity index (χ0v) is 11.3. The molecule has 1 aromatic rings. The summed E-state index contributed by atoms with van der Waals surface area (Å²) >= 11 is 0. The SMILES string of the molecule is CCOC(=O)/C=C1/CN(c2ccc(OC)cc2)C(=O)O1. The monoisotopic (exact) mass is 277 g/mol. The molecule has 0 unspecified atom stereocenters. The molecule has 1 heterocycles. The van der Waals surface area contributed by atoms with Crippen molar-refractivity contribution in [1.82, 2.24) is 0 Å². The second-order valence-corrected chi connectivity index (χ2v) is 4.01. The van der Waals surface area contributed by atoms with E-state index in [2.05, 4.69) is 0 Å². The molecular formula is C14H15NO5. The van der Waals surface area contributed by atoms with Gasteiger partial charge < -0.3 is 14.2 Å². The second kappa shape index (κ2) is 6.10. The lowest BCUT2D eigenvalue weighted by atomic mass is 10.3. The number of methoxy groups -OCH3 is 1. The summed E-state index contributed by atoms with van der Waals surface area (Å²) in [6, 6.07) is 6.98. The zero-order valence-electron chi connectivity index (χ0n) is 11.3. The minimum Gasteiger partial charge on any atom is -0.497 e. The maximum atomic E-state index is 11.8. The Labute approximate surface area is 116 Å². The molecule has 1 aliphatic rings. The van der Waals surface area contributed by atoms with Crippen molar-refractivity contribution in [3.63, 3.8) is 0 Å². The van der Waals surface area contributed by atoms with E-state index in [1.165, 1.54) is 11.0 Å². The predicted octanol–water partition coefficient (Wildman–Crippen LogP) is 2.10. The first-order chi connectivity index (χ1) is 9.63. The fourth-order valence-corrected chi connectivity index (χ4v) is 1.77. The number of cyclic esters (lactones) is 1. The third-order valence-electron chi connectivity index (χ3n) is 2.70. The first kappa shape index (κ1) is 13.9. The maximum absolute atomic E-state index is 11.8. The van der Waals surface area contributed by atoms with Gasteiger partial charge in [-0.25, -0.2) is 9.59 Å². The third-order valence-corrected chi connectivity index (χ3v) is 2.70. The van der Waals surface area contributed by atoms with Gasteiger partial charge in [0.25, 0.3) is 0 Å². The van der Waals surface area contributed by atoms with Gasteiger partial charge in [-0.1, -0.05) is 0 Å². The molecule has 0 N–H and O–H groups in total. The van der Waals surface area contributed by atoms with Gasteiger partial charge in [-0.05, 0) is 31.2 Å². The van der Waals surface area contributed by atoms with Crippen LogP contribution in [0.4, 0.5) is 10.5 Å². The van der Waals surface area contributed by atoms with E-state index in [1.807, 2.05) is 0 Å². The fourth-order valence-electron chi connectivity index (χ4n) is 1.77. The van der Waals surface area contributed by atoms with E-state index < -0.39 is 12.1 Å². The number of ether oxygens (including phenoxy) is 3. The van der Waals surface area contributed by atoms with Crippen LogP contribution in [0.1, 0.15) is 6.92 Å². The Kier molecular flexibility index (Phi) is 4.24. The Morgan fingerprint density at radius 3 is 2.70 bits per heavy atom. The summed E-state index contributed by atoms with van der Waals surface area (Å²) in [7, 11) is 1.57. The lowest BCUT2D eigenvalue weighted by Gasteiger charge is -2.12. The molecule has 0 aromatic heterocycles. The van der Waals surface area contributed by atoms with Crippen molar-refractivity contribution < 1.29 is 23.8 Å². The Morgan fingerprint density at radius 1 is 1.40 bits per heavy atom. The molecule has 6 nitrogen and oxygen atoms in total. The molecule has 0 saturated carbocycles. The molecule has 1 fully saturated rings. The quantitative estimate of drug-likeness (QED) is 0.623. The van der Waals surface area contributed by atoms with Crippen LogP contribution in [0.15, 0.2) is 36.1 Å². The standard InChI is InChI=1S/C14H15NO5/c1-3-19-13(16)8-12-9-15(14(17)20-12)10-4-6-11(18-2)7-5-10/h4-8H,3,9H2,1-2H3/b12-8-. The molecular weight excluding hydrogens is 262 g/mol. The summed E-state index contributed by atoms with van der Waals surface area (Å²) in [5.41, 5.74) is 0.669. The van der Waals surface area contributed by atoms with Gasteiger partial charge in [0.2, 0.25) is 0 Å². The molecule has 0 radical (unpaired) electrons. The number of rotatable bonds is 4.